The molecule has 1 saturated heterocycles. The number of carbonyl (C=O) groups is 5. The molecule has 12 heteroatoms. The van der Waals surface area contributed by atoms with Gasteiger partial charge in [-0.2, -0.15) is 0 Å². The number of Topliss-reactive ketones (excluding diaryl/α,β-unsaturated/α-hetero) is 1. The molecule has 0 unspecified atom stereocenters. The first-order valence-corrected chi connectivity index (χ1v) is 15.9. The van der Waals surface area contributed by atoms with Crippen molar-refractivity contribution < 1.29 is 38.2 Å². The molecule has 0 saturated carbocycles. The number of nitrogens with zero attached hydrogens (tertiary/aromatic N) is 1. The highest BCUT2D eigenvalue weighted by atomic mass is 32.2. The molecule has 0 radical (unpaired) electrons. The summed E-state index contributed by atoms with van der Waals surface area (Å²) in [5.74, 6) is -0.959. The summed E-state index contributed by atoms with van der Waals surface area (Å²) < 4.78 is 16.4. The quantitative estimate of drug-likeness (QED) is 0.109. The second kappa shape index (κ2) is 15.3. The second-order valence-corrected chi connectivity index (χ2v) is 12.0. The molecule has 1 aliphatic heterocycles. The highest BCUT2D eigenvalue weighted by molar-refractivity contribution is 8.00. The zero-order valence-corrected chi connectivity index (χ0v) is 28.0. The molecule has 1 atom stereocenters. The molecule has 49 heavy (non-hydrogen) atoms. The summed E-state index contributed by atoms with van der Waals surface area (Å²) in [5, 5.41) is 4.83. The van der Waals surface area contributed by atoms with E-state index in [0.717, 1.165) is 4.90 Å². The molecule has 4 aromatic carbocycles. The van der Waals surface area contributed by atoms with Gasteiger partial charge in [-0.15, -0.1) is 11.8 Å². The fourth-order valence-electron chi connectivity index (χ4n) is 5.16. The summed E-state index contributed by atoms with van der Waals surface area (Å²) in [5.41, 5.74) is 1.97. The third-order valence-electron chi connectivity index (χ3n) is 7.57. The number of nitrogens with one attached hydrogen (secondary N) is 2. The first-order valence-electron chi connectivity index (χ1n) is 15.1. The SMILES string of the molecule is COc1ccc(/C=C(\NC(=O)c2ccccc2)C(=O)Nc2cccc(S[C@H]3CC(=O)N(c4ccc(C(C)=O)cc4)C3=O)c2)c(OC)c1OC. The van der Waals surface area contributed by atoms with Gasteiger partial charge in [-0.3, -0.25) is 24.0 Å². The Morgan fingerprint density at radius 3 is 2.18 bits per heavy atom. The molecule has 250 valence electrons. The van der Waals surface area contributed by atoms with Gasteiger partial charge in [0.25, 0.3) is 11.8 Å². The molecule has 1 heterocycles. The van der Waals surface area contributed by atoms with Crippen molar-refractivity contribution in [2.75, 3.05) is 31.5 Å². The molecule has 5 rings (SSSR count). The minimum absolute atomic E-state index is 0.0138. The minimum Gasteiger partial charge on any atom is -0.493 e. The number of amides is 4. The lowest BCUT2D eigenvalue weighted by molar-refractivity contribution is -0.121. The third-order valence-corrected chi connectivity index (χ3v) is 8.75. The monoisotopic (exact) mass is 679 g/mol. The van der Waals surface area contributed by atoms with Gasteiger partial charge in [0.15, 0.2) is 17.3 Å². The summed E-state index contributed by atoms with van der Waals surface area (Å²) in [4.78, 5) is 66.5. The van der Waals surface area contributed by atoms with Crippen LogP contribution < -0.4 is 29.7 Å². The maximum absolute atomic E-state index is 13.8. The van der Waals surface area contributed by atoms with Gasteiger partial charge in [-0.1, -0.05) is 24.3 Å². The van der Waals surface area contributed by atoms with Crippen LogP contribution in [0.3, 0.4) is 0 Å². The molecule has 1 aliphatic rings. The molecule has 0 aromatic heterocycles. The van der Waals surface area contributed by atoms with Crippen molar-refractivity contribution in [2.24, 2.45) is 0 Å². The van der Waals surface area contributed by atoms with Crippen LogP contribution in [0.1, 0.15) is 39.6 Å². The molecule has 0 aliphatic carbocycles. The average molecular weight is 680 g/mol. The van der Waals surface area contributed by atoms with E-state index in [4.69, 9.17) is 14.2 Å². The predicted molar refractivity (Wildman–Crippen MR) is 186 cm³/mol. The van der Waals surface area contributed by atoms with E-state index >= 15 is 0 Å². The van der Waals surface area contributed by atoms with Gasteiger partial charge in [-0.25, -0.2) is 4.90 Å². The van der Waals surface area contributed by atoms with Crippen molar-refractivity contribution in [1.29, 1.82) is 0 Å². The number of rotatable bonds is 12. The fraction of sp³-hybridized carbons (Fsp3) is 0.162. The molecule has 1 fully saturated rings. The lowest BCUT2D eigenvalue weighted by atomic mass is 10.1. The van der Waals surface area contributed by atoms with Gasteiger partial charge in [0, 0.05) is 33.7 Å². The van der Waals surface area contributed by atoms with E-state index in [1.807, 2.05) is 0 Å². The molecule has 11 nitrogen and oxygen atoms in total. The van der Waals surface area contributed by atoms with Crippen LogP contribution in [-0.4, -0.2) is 56.0 Å². The normalized spacial score (nSPS) is 14.3. The Balaban J connectivity index is 1.38. The van der Waals surface area contributed by atoms with Crippen LogP contribution in [0.2, 0.25) is 0 Å². The molecule has 0 spiro atoms. The van der Waals surface area contributed by atoms with Crippen molar-refractivity contribution in [3.05, 3.63) is 113 Å². The van der Waals surface area contributed by atoms with Crippen molar-refractivity contribution in [2.45, 2.75) is 23.5 Å². The van der Waals surface area contributed by atoms with Crippen LogP contribution in [0.15, 0.2) is 102 Å². The van der Waals surface area contributed by atoms with Gasteiger partial charge >= 0.3 is 0 Å². The number of anilines is 2. The number of hydrogen-bond acceptors (Lipinski definition) is 9. The Morgan fingerprint density at radius 2 is 1.53 bits per heavy atom. The fourth-order valence-corrected chi connectivity index (χ4v) is 6.27. The van der Waals surface area contributed by atoms with Crippen molar-refractivity contribution in [3.63, 3.8) is 0 Å². The van der Waals surface area contributed by atoms with Crippen LogP contribution >= 0.6 is 11.8 Å². The van der Waals surface area contributed by atoms with Crippen molar-refractivity contribution >= 4 is 58.6 Å². The average Bonchev–Trinajstić information content (AvgIpc) is 3.39. The lowest BCUT2D eigenvalue weighted by Gasteiger charge is -2.16. The summed E-state index contributed by atoms with van der Waals surface area (Å²) >= 11 is 1.20. The summed E-state index contributed by atoms with van der Waals surface area (Å²) in [7, 11) is 4.40. The Labute approximate surface area is 287 Å². The topological polar surface area (TPSA) is 140 Å². The number of ether oxygens (including phenoxy) is 3. The van der Waals surface area contributed by atoms with Crippen LogP contribution in [0.5, 0.6) is 17.2 Å². The van der Waals surface area contributed by atoms with E-state index in [-0.39, 0.29) is 29.7 Å². The second-order valence-electron chi connectivity index (χ2n) is 10.8. The maximum atomic E-state index is 13.8. The first-order chi connectivity index (χ1) is 23.6. The van der Waals surface area contributed by atoms with E-state index in [9.17, 15) is 24.0 Å². The standard InChI is InChI=1S/C37H33N3O8S/c1-22(41)23-13-16-27(17-14-23)40-32(42)21-31(37(40)45)49-28-12-8-11-26(20-28)38-36(44)29(39-35(43)24-9-6-5-7-10-24)19-25-15-18-30(46-2)34(48-4)33(25)47-3/h5-20,31H,21H2,1-4H3,(H,38,44)(H,39,43)/b29-19-/t31-/m0/s1. The summed E-state index contributed by atoms with van der Waals surface area (Å²) in [6.07, 6.45) is 1.45. The van der Waals surface area contributed by atoms with Gasteiger partial charge in [-0.05, 0) is 79.7 Å². The summed E-state index contributed by atoms with van der Waals surface area (Å²) in [6.45, 7) is 1.44. The predicted octanol–water partition coefficient (Wildman–Crippen LogP) is 5.75. The minimum atomic E-state index is -0.691. The van der Waals surface area contributed by atoms with Crippen LogP contribution in [0.4, 0.5) is 11.4 Å². The van der Waals surface area contributed by atoms with Gasteiger partial charge in [0.1, 0.15) is 5.70 Å². The van der Waals surface area contributed by atoms with E-state index in [2.05, 4.69) is 10.6 Å². The third kappa shape index (κ3) is 7.82. The highest BCUT2D eigenvalue weighted by Gasteiger charge is 2.40. The van der Waals surface area contributed by atoms with Gasteiger partial charge < -0.3 is 24.8 Å². The molecular weight excluding hydrogens is 646 g/mol. The Morgan fingerprint density at radius 1 is 0.816 bits per heavy atom. The number of benzene rings is 4. The molecule has 0 bridgehead atoms. The van der Waals surface area contributed by atoms with Crippen LogP contribution in [-0.2, 0) is 14.4 Å². The molecule has 4 aromatic rings. The lowest BCUT2D eigenvalue weighted by Crippen LogP contribution is -2.31. The Kier molecular flexibility index (Phi) is 10.8. The van der Waals surface area contributed by atoms with Crippen molar-refractivity contribution in [3.8, 4) is 17.2 Å². The number of ketones is 1. The highest BCUT2D eigenvalue weighted by Crippen LogP contribution is 2.41. The van der Waals surface area contributed by atoms with Crippen LogP contribution in [0, 0.1) is 0 Å². The van der Waals surface area contributed by atoms with Crippen molar-refractivity contribution in [1.82, 2.24) is 5.32 Å². The Hall–Kier alpha value is -5.88. The maximum Gasteiger partial charge on any atom is 0.272 e. The van der Waals surface area contributed by atoms with E-state index in [1.54, 1.807) is 91.0 Å². The van der Waals surface area contributed by atoms with Gasteiger partial charge in [0.05, 0.1) is 32.3 Å². The largest absolute Gasteiger partial charge is 0.493 e. The van der Waals surface area contributed by atoms with Gasteiger partial charge in [0.2, 0.25) is 17.6 Å². The number of imide groups is 1. The Bertz CT molecular complexity index is 1940. The molecule has 2 N–H and O–H groups in total. The van der Waals surface area contributed by atoms with Crippen LogP contribution in [0.25, 0.3) is 6.08 Å². The van der Waals surface area contributed by atoms with E-state index < -0.39 is 17.1 Å². The van der Waals surface area contributed by atoms with E-state index in [1.165, 1.54) is 46.1 Å². The number of thioether (sulfide) groups is 1. The first kappa shape index (κ1) is 34.5. The number of carbonyl (C=O) groups excluding carboxylic acids is 5. The summed E-state index contributed by atoms with van der Waals surface area (Å²) in [6, 6.07) is 24.9. The van der Waals surface area contributed by atoms with E-state index in [0.29, 0.717) is 50.2 Å². The smallest absolute Gasteiger partial charge is 0.272 e. The molecular formula is C37H33N3O8S. The zero-order chi connectivity index (χ0) is 35.1. The number of methoxy groups -OCH3 is 3. The molecule has 4 amide bonds. The number of hydrogen-bond donors (Lipinski definition) is 2. The zero-order valence-electron chi connectivity index (χ0n) is 27.1.